The second-order valence-corrected chi connectivity index (χ2v) is 0.977. The van der Waals surface area contributed by atoms with Crippen molar-refractivity contribution < 1.29 is 8.62 Å². The van der Waals surface area contributed by atoms with Gasteiger partial charge in [0.1, 0.15) is 0 Å². The Balaban J connectivity index is 2.99. The van der Waals surface area contributed by atoms with E-state index >= 15 is 0 Å². The molecule has 36 valence electrons. The van der Waals surface area contributed by atoms with Gasteiger partial charge in [0, 0.05) is 0 Å². The van der Waals surface area contributed by atoms with Crippen molar-refractivity contribution in [2.24, 2.45) is 5.73 Å². The molecule has 2 N–H and O–H groups in total. The van der Waals surface area contributed by atoms with Crippen LogP contribution in [0.2, 0.25) is 0 Å². The molecule has 0 aromatic heterocycles. The summed E-state index contributed by atoms with van der Waals surface area (Å²) in [4.78, 5) is 9.79. The minimum Gasteiger partial charge on any atom is -0.383 e. The van der Waals surface area contributed by atoms with Gasteiger partial charge in [0.15, 0.2) is 16.3 Å². The van der Waals surface area contributed by atoms with Crippen LogP contribution in [0.1, 0.15) is 0 Å². The molecule has 6 heavy (non-hydrogen) atoms. The number of carbonyl (C=O) groups excluding carboxylic acids is 1. The van der Waals surface area contributed by atoms with Gasteiger partial charge in [0.25, 0.3) is 0 Å². The predicted molar refractivity (Wildman–Crippen MR) is 24.1 cm³/mol. The molecule has 0 saturated carbocycles. The second kappa shape index (κ2) is 3.11. The Morgan fingerprint density at radius 1 is 2.00 bits per heavy atom. The molecular weight excluding hydrogens is 150 g/mol. The van der Waals surface area contributed by atoms with Crippen LogP contribution in [0, 0.1) is 0 Å². The van der Waals surface area contributed by atoms with Crippen LogP contribution in [-0.4, -0.2) is 12.5 Å². The van der Waals surface area contributed by atoms with Crippen LogP contribution in [0.3, 0.4) is 0 Å². The van der Waals surface area contributed by atoms with Crippen molar-refractivity contribution in [3.8, 4) is 0 Å². The molecule has 0 bridgehead atoms. The quantitative estimate of drug-likeness (QED) is 0.568. The standard InChI is InChI=1S/C2H4BrNO2/c3-6-2(5)1-4/h1,4H2. The van der Waals surface area contributed by atoms with Gasteiger partial charge >= 0.3 is 5.97 Å². The monoisotopic (exact) mass is 153 g/mol. The Morgan fingerprint density at radius 2 is 2.50 bits per heavy atom. The number of nitrogens with two attached hydrogens (primary N) is 1. The highest BCUT2D eigenvalue weighted by atomic mass is 79.9. The molecule has 0 rings (SSSR count). The fourth-order valence-electron chi connectivity index (χ4n) is 0.0315. The summed E-state index contributed by atoms with van der Waals surface area (Å²) in [5, 5.41) is 0. The Kier molecular flexibility index (Phi) is 3.07. The largest absolute Gasteiger partial charge is 0.383 e. The molecule has 0 unspecified atom stereocenters. The molecular formula is C2H4BrNO2. The lowest BCUT2D eigenvalue weighted by atomic mass is 10.7. The van der Waals surface area contributed by atoms with Gasteiger partial charge < -0.3 is 9.56 Å². The van der Waals surface area contributed by atoms with Gasteiger partial charge in [-0.3, -0.25) is 0 Å². The van der Waals surface area contributed by atoms with Crippen LogP contribution >= 0.6 is 16.3 Å². The van der Waals surface area contributed by atoms with E-state index in [2.05, 4.69) is 20.1 Å². The van der Waals surface area contributed by atoms with E-state index < -0.39 is 5.97 Å². The maximum absolute atomic E-state index is 9.79. The average Bonchev–Trinajstić information content (AvgIpc) is 1.65. The van der Waals surface area contributed by atoms with E-state index in [4.69, 9.17) is 5.73 Å². The van der Waals surface area contributed by atoms with Crippen molar-refractivity contribution in [1.29, 1.82) is 0 Å². The molecule has 0 spiro atoms. The number of carbonyl (C=O) groups is 1. The van der Waals surface area contributed by atoms with Gasteiger partial charge in [-0.2, -0.15) is 0 Å². The highest BCUT2D eigenvalue weighted by Crippen LogP contribution is 1.80. The molecule has 0 radical (unpaired) electrons. The van der Waals surface area contributed by atoms with Gasteiger partial charge in [0.05, 0.1) is 6.54 Å². The molecule has 0 saturated heterocycles. The zero-order chi connectivity index (χ0) is 4.99. The minimum atomic E-state index is -0.463. The lowest BCUT2D eigenvalue weighted by Gasteiger charge is -1.83. The summed E-state index contributed by atoms with van der Waals surface area (Å²) in [6.45, 7) is -0.0781. The van der Waals surface area contributed by atoms with Crippen molar-refractivity contribution in [3.63, 3.8) is 0 Å². The summed E-state index contributed by atoms with van der Waals surface area (Å²) in [6.07, 6.45) is 0. The smallest absolute Gasteiger partial charge is 0.331 e. The molecule has 0 fully saturated rings. The first-order valence-corrected chi connectivity index (χ1v) is 1.97. The lowest BCUT2D eigenvalue weighted by Crippen LogP contribution is -2.12. The summed E-state index contributed by atoms with van der Waals surface area (Å²) in [5.74, 6) is -0.463. The van der Waals surface area contributed by atoms with E-state index in [1.807, 2.05) is 0 Å². The van der Waals surface area contributed by atoms with Crippen LogP contribution < -0.4 is 5.73 Å². The topological polar surface area (TPSA) is 52.3 Å². The van der Waals surface area contributed by atoms with Crippen LogP contribution in [0.5, 0.6) is 0 Å². The summed E-state index contributed by atoms with van der Waals surface area (Å²) in [7, 11) is 0. The Morgan fingerprint density at radius 3 is 2.50 bits per heavy atom. The maximum atomic E-state index is 9.79. The normalized spacial score (nSPS) is 7.67. The van der Waals surface area contributed by atoms with Gasteiger partial charge in [-0.15, -0.1) is 0 Å². The highest BCUT2D eigenvalue weighted by molar-refractivity contribution is 9.06. The predicted octanol–water partition coefficient (Wildman–Crippen LogP) is -0.202. The first kappa shape index (κ1) is 5.91. The first-order valence-electron chi connectivity index (χ1n) is 1.32. The van der Waals surface area contributed by atoms with Crippen molar-refractivity contribution in [2.75, 3.05) is 6.54 Å². The van der Waals surface area contributed by atoms with Crippen LogP contribution in [0.4, 0.5) is 0 Å². The molecule has 0 aromatic carbocycles. The lowest BCUT2D eigenvalue weighted by molar-refractivity contribution is -0.130. The number of hydrogen-bond donors (Lipinski definition) is 1. The maximum Gasteiger partial charge on any atom is 0.331 e. The average molecular weight is 154 g/mol. The zero-order valence-electron chi connectivity index (χ0n) is 2.98. The molecule has 0 aliphatic heterocycles. The Bertz CT molecular complexity index is 49.5. The Labute approximate surface area is 43.9 Å². The summed E-state index contributed by atoms with van der Waals surface area (Å²) < 4.78 is 3.95. The van der Waals surface area contributed by atoms with Crippen molar-refractivity contribution >= 4 is 22.2 Å². The van der Waals surface area contributed by atoms with Crippen LogP contribution in [0.15, 0.2) is 0 Å². The van der Waals surface area contributed by atoms with E-state index in [-0.39, 0.29) is 6.54 Å². The molecule has 0 amide bonds. The molecule has 4 heteroatoms. The van der Waals surface area contributed by atoms with Gasteiger partial charge in [-0.25, -0.2) is 4.79 Å². The first-order chi connectivity index (χ1) is 2.81. The zero-order valence-corrected chi connectivity index (χ0v) is 4.56. The Hall–Kier alpha value is -0.0900. The van der Waals surface area contributed by atoms with Crippen molar-refractivity contribution in [3.05, 3.63) is 0 Å². The number of rotatable bonds is 1. The van der Waals surface area contributed by atoms with E-state index in [1.165, 1.54) is 0 Å². The van der Waals surface area contributed by atoms with Crippen molar-refractivity contribution in [2.45, 2.75) is 0 Å². The molecule has 0 aliphatic rings. The van der Waals surface area contributed by atoms with Crippen LogP contribution in [0.25, 0.3) is 0 Å². The van der Waals surface area contributed by atoms with Gasteiger partial charge in [-0.1, -0.05) is 0 Å². The molecule has 0 aliphatic carbocycles. The van der Waals surface area contributed by atoms with E-state index in [1.54, 1.807) is 0 Å². The van der Waals surface area contributed by atoms with E-state index in [0.29, 0.717) is 0 Å². The third kappa shape index (κ3) is 2.17. The molecule has 0 heterocycles. The second-order valence-electron chi connectivity index (χ2n) is 0.653. The summed E-state index contributed by atoms with van der Waals surface area (Å²) in [5.41, 5.74) is 4.78. The highest BCUT2D eigenvalue weighted by Gasteiger charge is 1.90. The van der Waals surface area contributed by atoms with Crippen LogP contribution in [-0.2, 0) is 8.62 Å². The SMILES string of the molecule is NCC(=O)OBr. The number of hydrogen-bond acceptors (Lipinski definition) is 3. The molecule has 0 aromatic rings. The fraction of sp³-hybridized carbons (Fsp3) is 0.500. The van der Waals surface area contributed by atoms with E-state index in [0.717, 1.165) is 0 Å². The third-order valence-electron chi connectivity index (χ3n) is 0.253. The molecule has 3 nitrogen and oxygen atoms in total. The van der Waals surface area contributed by atoms with Gasteiger partial charge in [0.2, 0.25) is 0 Å². The fourth-order valence-corrected chi connectivity index (χ4v) is 0.164. The van der Waals surface area contributed by atoms with Gasteiger partial charge in [-0.05, 0) is 0 Å². The van der Waals surface area contributed by atoms with Crippen molar-refractivity contribution in [1.82, 2.24) is 0 Å². The number of halogens is 1. The summed E-state index contributed by atoms with van der Waals surface area (Å²) in [6, 6.07) is 0. The van der Waals surface area contributed by atoms with E-state index in [9.17, 15) is 4.79 Å². The summed E-state index contributed by atoms with van der Waals surface area (Å²) >= 11 is 2.45. The molecule has 0 atom stereocenters. The third-order valence-corrected chi connectivity index (χ3v) is 0.614. The minimum absolute atomic E-state index is 0.0781.